The lowest BCUT2D eigenvalue weighted by Crippen LogP contribution is -2.60. The van der Waals surface area contributed by atoms with Crippen molar-refractivity contribution in [2.24, 2.45) is 5.73 Å². The molecule has 0 spiro atoms. The molecule has 0 aromatic heterocycles. The summed E-state index contributed by atoms with van der Waals surface area (Å²) >= 11 is 0. The summed E-state index contributed by atoms with van der Waals surface area (Å²) in [4.78, 5) is 12.0. The maximum atomic E-state index is 12.9. The molecule has 2 amide bonds. The highest BCUT2D eigenvalue weighted by Crippen LogP contribution is 2.33. The summed E-state index contributed by atoms with van der Waals surface area (Å²) < 4.78 is 12.9. The standard InChI is InChI=1S/C18H28FN3O/c1-18(12-4-3-5-13-18)22(17(20)23)21(2)14-6-7-15-8-10-16(19)11-9-15/h8-11H,3-7,12-14H2,1-2H3,(H2,20,23). The van der Waals surface area contributed by atoms with E-state index < -0.39 is 0 Å². The number of hydrogen-bond acceptors (Lipinski definition) is 2. The van der Waals surface area contributed by atoms with Crippen LogP contribution in [0.5, 0.6) is 0 Å². The third-order valence-corrected chi connectivity index (χ3v) is 4.85. The Balaban J connectivity index is 1.91. The lowest BCUT2D eigenvalue weighted by atomic mass is 9.83. The highest BCUT2D eigenvalue weighted by atomic mass is 19.1. The summed E-state index contributed by atoms with van der Waals surface area (Å²) in [5, 5.41) is 3.70. The first-order valence-electron chi connectivity index (χ1n) is 8.47. The number of amides is 2. The van der Waals surface area contributed by atoms with Gasteiger partial charge in [0.15, 0.2) is 0 Å². The summed E-state index contributed by atoms with van der Waals surface area (Å²) in [6.45, 7) is 2.88. The molecular formula is C18H28FN3O. The van der Waals surface area contributed by atoms with Gasteiger partial charge in [-0.05, 0) is 50.3 Å². The Morgan fingerprint density at radius 1 is 1.22 bits per heavy atom. The Kier molecular flexibility index (Phi) is 5.99. The van der Waals surface area contributed by atoms with E-state index in [-0.39, 0.29) is 17.4 Å². The highest BCUT2D eigenvalue weighted by molar-refractivity contribution is 5.72. The summed E-state index contributed by atoms with van der Waals surface area (Å²) in [6.07, 6.45) is 7.26. The number of benzene rings is 1. The number of urea groups is 1. The molecule has 5 heteroatoms. The van der Waals surface area contributed by atoms with Crippen LogP contribution in [0.3, 0.4) is 0 Å². The molecule has 0 aliphatic heterocycles. The van der Waals surface area contributed by atoms with E-state index in [4.69, 9.17) is 5.73 Å². The lowest BCUT2D eigenvalue weighted by Gasteiger charge is -2.47. The third-order valence-electron chi connectivity index (χ3n) is 4.85. The van der Waals surface area contributed by atoms with Crippen LogP contribution in [0.15, 0.2) is 24.3 Å². The molecule has 0 saturated heterocycles. The molecule has 0 heterocycles. The van der Waals surface area contributed by atoms with Crippen molar-refractivity contribution in [2.75, 3.05) is 13.6 Å². The number of primary amides is 1. The van der Waals surface area contributed by atoms with E-state index in [0.717, 1.165) is 50.6 Å². The smallest absolute Gasteiger partial charge is 0.329 e. The molecule has 1 aromatic rings. The topological polar surface area (TPSA) is 49.6 Å². The van der Waals surface area contributed by atoms with Gasteiger partial charge in [0.25, 0.3) is 0 Å². The SMILES string of the molecule is CN(CCCc1ccc(F)cc1)N(C(N)=O)C1(C)CCCCC1. The molecular weight excluding hydrogens is 293 g/mol. The van der Waals surface area contributed by atoms with E-state index in [1.807, 2.05) is 24.2 Å². The van der Waals surface area contributed by atoms with Crippen LogP contribution in [0.4, 0.5) is 9.18 Å². The molecule has 2 rings (SSSR count). The van der Waals surface area contributed by atoms with Gasteiger partial charge in [0, 0.05) is 13.6 Å². The first-order valence-corrected chi connectivity index (χ1v) is 8.47. The fraction of sp³-hybridized carbons (Fsp3) is 0.611. The summed E-state index contributed by atoms with van der Waals surface area (Å²) in [5.41, 5.74) is 6.59. The van der Waals surface area contributed by atoms with Crippen LogP contribution in [-0.4, -0.2) is 35.2 Å². The van der Waals surface area contributed by atoms with Crippen molar-refractivity contribution in [1.29, 1.82) is 0 Å². The molecule has 1 aliphatic carbocycles. The van der Waals surface area contributed by atoms with Crippen molar-refractivity contribution in [3.8, 4) is 0 Å². The molecule has 1 saturated carbocycles. The van der Waals surface area contributed by atoms with Crippen LogP contribution in [0.25, 0.3) is 0 Å². The van der Waals surface area contributed by atoms with Crippen molar-refractivity contribution in [3.63, 3.8) is 0 Å². The second-order valence-electron chi connectivity index (χ2n) is 6.82. The number of carbonyl (C=O) groups excluding carboxylic acids is 1. The molecule has 2 N–H and O–H groups in total. The number of rotatable bonds is 6. The summed E-state index contributed by atoms with van der Waals surface area (Å²) in [7, 11) is 1.93. The van der Waals surface area contributed by atoms with Crippen molar-refractivity contribution in [1.82, 2.24) is 10.0 Å². The first kappa shape index (κ1) is 17.7. The highest BCUT2D eigenvalue weighted by Gasteiger charge is 2.37. The number of nitrogens with zero attached hydrogens (tertiary/aromatic N) is 2. The van der Waals surface area contributed by atoms with Gasteiger partial charge in [-0.1, -0.05) is 31.4 Å². The zero-order valence-electron chi connectivity index (χ0n) is 14.2. The fourth-order valence-electron chi connectivity index (χ4n) is 3.63. The van der Waals surface area contributed by atoms with Crippen molar-refractivity contribution < 1.29 is 9.18 Å². The zero-order valence-corrected chi connectivity index (χ0v) is 14.2. The van der Waals surface area contributed by atoms with E-state index in [2.05, 4.69) is 6.92 Å². The van der Waals surface area contributed by atoms with E-state index in [1.54, 1.807) is 5.01 Å². The molecule has 0 radical (unpaired) electrons. The number of halogens is 1. The average Bonchev–Trinajstić information content (AvgIpc) is 2.49. The van der Waals surface area contributed by atoms with Gasteiger partial charge >= 0.3 is 6.03 Å². The van der Waals surface area contributed by atoms with Crippen LogP contribution < -0.4 is 5.73 Å². The van der Waals surface area contributed by atoms with Gasteiger partial charge in [-0.3, -0.25) is 5.01 Å². The predicted octanol–water partition coefficient (Wildman–Crippen LogP) is 3.71. The zero-order chi connectivity index (χ0) is 16.9. The van der Waals surface area contributed by atoms with Crippen LogP contribution in [0.1, 0.15) is 51.0 Å². The maximum absolute atomic E-state index is 12.9. The molecule has 1 fully saturated rings. The molecule has 1 aromatic carbocycles. The second kappa shape index (κ2) is 7.77. The van der Waals surface area contributed by atoms with Gasteiger partial charge < -0.3 is 5.73 Å². The van der Waals surface area contributed by atoms with Crippen LogP contribution >= 0.6 is 0 Å². The molecule has 128 valence electrons. The fourth-order valence-corrected chi connectivity index (χ4v) is 3.63. The van der Waals surface area contributed by atoms with Gasteiger partial charge in [-0.15, -0.1) is 0 Å². The van der Waals surface area contributed by atoms with Crippen LogP contribution in [-0.2, 0) is 6.42 Å². The average molecular weight is 321 g/mol. The largest absolute Gasteiger partial charge is 0.350 e. The molecule has 23 heavy (non-hydrogen) atoms. The monoisotopic (exact) mass is 321 g/mol. The molecule has 0 unspecified atom stereocenters. The number of hydrazine groups is 1. The summed E-state index contributed by atoms with van der Waals surface area (Å²) in [5.74, 6) is -0.212. The number of hydrogen-bond donors (Lipinski definition) is 1. The third kappa shape index (κ3) is 4.67. The van der Waals surface area contributed by atoms with E-state index >= 15 is 0 Å². The maximum Gasteiger partial charge on any atom is 0.329 e. The van der Waals surface area contributed by atoms with Gasteiger partial charge in [0.2, 0.25) is 0 Å². The van der Waals surface area contributed by atoms with E-state index in [9.17, 15) is 9.18 Å². The number of carbonyl (C=O) groups is 1. The number of aryl methyl sites for hydroxylation is 1. The van der Waals surface area contributed by atoms with Gasteiger partial charge in [-0.2, -0.15) is 0 Å². The Labute approximate surface area is 138 Å². The van der Waals surface area contributed by atoms with Gasteiger partial charge in [0.05, 0.1) is 5.54 Å². The predicted molar refractivity (Wildman–Crippen MR) is 90.3 cm³/mol. The van der Waals surface area contributed by atoms with E-state index in [0.29, 0.717) is 0 Å². The van der Waals surface area contributed by atoms with Gasteiger partial charge in [-0.25, -0.2) is 14.2 Å². The Hall–Kier alpha value is -1.62. The molecule has 4 nitrogen and oxygen atoms in total. The first-order chi connectivity index (χ1) is 10.9. The van der Waals surface area contributed by atoms with Crippen LogP contribution in [0, 0.1) is 5.82 Å². The Morgan fingerprint density at radius 2 is 1.83 bits per heavy atom. The van der Waals surface area contributed by atoms with Crippen molar-refractivity contribution in [3.05, 3.63) is 35.6 Å². The minimum atomic E-state index is -0.376. The second-order valence-corrected chi connectivity index (χ2v) is 6.82. The Bertz CT molecular complexity index is 512. The number of nitrogens with two attached hydrogens (primary N) is 1. The molecule has 0 bridgehead atoms. The van der Waals surface area contributed by atoms with Gasteiger partial charge in [0.1, 0.15) is 5.82 Å². The van der Waals surface area contributed by atoms with Crippen molar-refractivity contribution >= 4 is 6.03 Å². The molecule has 1 aliphatic rings. The van der Waals surface area contributed by atoms with Crippen LogP contribution in [0.2, 0.25) is 0 Å². The summed E-state index contributed by atoms with van der Waals surface area (Å²) in [6, 6.07) is 6.21. The quantitative estimate of drug-likeness (QED) is 0.812. The normalized spacial score (nSPS) is 17.2. The minimum absolute atomic E-state index is 0.172. The Morgan fingerprint density at radius 3 is 2.39 bits per heavy atom. The minimum Gasteiger partial charge on any atom is -0.350 e. The lowest BCUT2D eigenvalue weighted by molar-refractivity contribution is -0.0567. The molecule has 0 atom stereocenters. The van der Waals surface area contributed by atoms with E-state index in [1.165, 1.54) is 18.6 Å². The van der Waals surface area contributed by atoms with Crippen molar-refractivity contribution in [2.45, 2.75) is 57.4 Å².